The lowest BCUT2D eigenvalue weighted by Gasteiger charge is -2.28. The Balaban J connectivity index is 2.11. The largest absolute Gasteiger partial charge is 0.480 e. The Bertz CT molecular complexity index is 361. The Morgan fingerprint density at radius 1 is 1.60 bits per heavy atom. The lowest BCUT2D eigenvalue weighted by atomic mass is 9.96. The first kappa shape index (κ1) is 10.6. The highest BCUT2D eigenvalue weighted by Crippen LogP contribution is 2.31. The molecule has 3 nitrogen and oxygen atoms in total. The summed E-state index contributed by atoms with van der Waals surface area (Å²) in [4.78, 5) is 12.2. The molecule has 15 heavy (non-hydrogen) atoms. The van der Waals surface area contributed by atoms with Gasteiger partial charge in [0, 0.05) is 10.9 Å². The highest BCUT2D eigenvalue weighted by Gasteiger charge is 2.27. The molecule has 2 heterocycles. The molecule has 1 aromatic rings. The second-order valence-electron chi connectivity index (χ2n) is 4.01. The Kier molecular flexibility index (Phi) is 3.07. The van der Waals surface area contributed by atoms with Gasteiger partial charge in [0.15, 0.2) is 0 Å². The van der Waals surface area contributed by atoms with Crippen LogP contribution in [-0.4, -0.2) is 17.1 Å². The van der Waals surface area contributed by atoms with Crippen molar-refractivity contribution in [1.29, 1.82) is 0 Å². The molecule has 1 aliphatic rings. The molecule has 1 aromatic heterocycles. The van der Waals surface area contributed by atoms with Crippen molar-refractivity contribution in [3.8, 4) is 0 Å². The van der Waals surface area contributed by atoms with E-state index in [4.69, 9.17) is 5.11 Å². The average Bonchev–Trinajstić information content (AvgIpc) is 2.64. The zero-order chi connectivity index (χ0) is 10.8. The Hall–Kier alpha value is -0.870. The fourth-order valence-corrected chi connectivity index (χ4v) is 3.10. The molecule has 0 saturated carbocycles. The van der Waals surface area contributed by atoms with E-state index in [-0.39, 0.29) is 12.1 Å². The first-order valence-electron chi connectivity index (χ1n) is 5.21. The number of piperidine rings is 1. The van der Waals surface area contributed by atoms with Gasteiger partial charge in [-0.3, -0.25) is 10.1 Å². The van der Waals surface area contributed by atoms with Crippen LogP contribution in [0.15, 0.2) is 11.4 Å². The van der Waals surface area contributed by atoms with Crippen LogP contribution in [0.4, 0.5) is 0 Å². The van der Waals surface area contributed by atoms with Crippen molar-refractivity contribution < 1.29 is 9.90 Å². The Labute approximate surface area is 93.1 Å². The van der Waals surface area contributed by atoms with Gasteiger partial charge in [0.05, 0.1) is 0 Å². The van der Waals surface area contributed by atoms with E-state index in [9.17, 15) is 4.79 Å². The molecule has 0 aromatic carbocycles. The van der Waals surface area contributed by atoms with Crippen LogP contribution in [-0.2, 0) is 4.79 Å². The minimum Gasteiger partial charge on any atom is -0.480 e. The molecule has 2 unspecified atom stereocenters. The summed E-state index contributed by atoms with van der Waals surface area (Å²) in [7, 11) is 0. The number of nitrogens with one attached hydrogen (secondary N) is 1. The van der Waals surface area contributed by atoms with E-state index < -0.39 is 5.97 Å². The van der Waals surface area contributed by atoms with Gasteiger partial charge in [-0.05, 0) is 43.2 Å². The van der Waals surface area contributed by atoms with Crippen molar-refractivity contribution in [2.45, 2.75) is 38.3 Å². The lowest BCUT2D eigenvalue weighted by Crippen LogP contribution is -2.42. The molecular weight excluding hydrogens is 210 g/mol. The smallest absolute Gasteiger partial charge is 0.320 e. The number of carboxylic acids is 1. The summed E-state index contributed by atoms with van der Waals surface area (Å²) in [6.07, 6.45) is 2.79. The maximum absolute atomic E-state index is 10.9. The van der Waals surface area contributed by atoms with Gasteiger partial charge in [0.2, 0.25) is 0 Å². The molecule has 0 radical (unpaired) electrons. The summed E-state index contributed by atoms with van der Waals surface area (Å²) in [5, 5.41) is 14.2. The van der Waals surface area contributed by atoms with Gasteiger partial charge >= 0.3 is 5.97 Å². The van der Waals surface area contributed by atoms with E-state index in [0.29, 0.717) is 0 Å². The molecule has 1 aliphatic heterocycles. The summed E-state index contributed by atoms with van der Waals surface area (Å²) in [6.45, 7) is 2.08. The quantitative estimate of drug-likeness (QED) is 0.812. The number of aryl methyl sites for hydroxylation is 1. The Morgan fingerprint density at radius 3 is 3.00 bits per heavy atom. The number of carboxylic acid groups (broad SMARTS) is 1. The second-order valence-corrected chi connectivity index (χ2v) is 4.96. The summed E-state index contributed by atoms with van der Waals surface area (Å²) in [5.41, 5.74) is 1.27. The van der Waals surface area contributed by atoms with Crippen molar-refractivity contribution >= 4 is 17.3 Å². The first-order chi connectivity index (χ1) is 7.18. The minimum absolute atomic E-state index is 0.236. The lowest BCUT2D eigenvalue weighted by molar-refractivity contribution is -0.140. The predicted octanol–water partition coefficient (Wildman–Crippen LogP) is 2.32. The van der Waals surface area contributed by atoms with Crippen LogP contribution in [0.25, 0.3) is 0 Å². The van der Waals surface area contributed by atoms with Crippen molar-refractivity contribution in [2.75, 3.05) is 0 Å². The monoisotopic (exact) mass is 225 g/mol. The zero-order valence-electron chi connectivity index (χ0n) is 8.69. The molecule has 1 fully saturated rings. The van der Waals surface area contributed by atoms with E-state index in [2.05, 4.69) is 23.7 Å². The molecule has 2 atom stereocenters. The highest BCUT2D eigenvalue weighted by atomic mass is 32.1. The van der Waals surface area contributed by atoms with Gasteiger partial charge in [-0.15, -0.1) is 11.3 Å². The van der Waals surface area contributed by atoms with E-state index in [1.807, 2.05) is 0 Å². The molecule has 1 saturated heterocycles. The average molecular weight is 225 g/mol. The standard InChI is InChI=1S/C11H15NO2S/c1-7-5-6-15-10(7)8-3-2-4-9(12-8)11(13)14/h5-6,8-9,12H,2-4H2,1H3,(H,13,14). The van der Waals surface area contributed by atoms with Crippen LogP contribution < -0.4 is 5.32 Å². The topological polar surface area (TPSA) is 49.3 Å². The van der Waals surface area contributed by atoms with E-state index >= 15 is 0 Å². The fraction of sp³-hybridized carbons (Fsp3) is 0.545. The number of carbonyl (C=O) groups is 1. The van der Waals surface area contributed by atoms with E-state index in [1.54, 1.807) is 11.3 Å². The normalized spacial score (nSPS) is 26.5. The molecule has 0 amide bonds. The third-order valence-corrected chi connectivity index (χ3v) is 4.04. The van der Waals surface area contributed by atoms with Crippen molar-refractivity contribution in [3.63, 3.8) is 0 Å². The number of thiophene rings is 1. The molecule has 0 aliphatic carbocycles. The number of hydrogen-bond donors (Lipinski definition) is 2. The fourth-order valence-electron chi connectivity index (χ4n) is 2.08. The van der Waals surface area contributed by atoms with Gasteiger partial charge in [-0.1, -0.05) is 0 Å². The first-order valence-corrected chi connectivity index (χ1v) is 6.09. The van der Waals surface area contributed by atoms with Gasteiger partial charge in [-0.25, -0.2) is 0 Å². The molecule has 0 bridgehead atoms. The van der Waals surface area contributed by atoms with Crippen LogP contribution >= 0.6 is 11.3 Å². The van der Waals surface area contributed by atoms with Gasteiger partial charge < -0.3 is 5.11 Å². The van der Waals surface area contributed by atoms with Crippen molar-refractivity contribution in [1.82, 2.24) is 5.32 Å². The Morgan fingerprint density at radius 2 is 2.40 bits per heavy atom. The maximum Gasteiger partial charge on any atom is 0.320 e. The van der Waals surface area contributed by atoms with Gasteiger partial charge in [-0.2, -0.15) is 0 Å². The van der Waals surface area contributed by atoms with Crippen molar-refractivity contribution in [3.05, 3.63) is 21.9 Å². The third-order valence-electron chi connectivity index (χ3n) is 2.90. The highest BCUT2D eigenvalue weighted by molar-refractivity contribution is 7.10. The van der Waals surface area contributed by atoms with Crippen LogP contribution in [0.2, 0.25) is 0 Å². The molecule has 82 valence electrons. The summed E-state index contributed by atoms with van der Waals surface area (Å²) >= 11 is 1.71. The molecule has 2 N–H and O–H groups in total. The van der Waals surface area contributed by atoms with Crippen LogP contribution in [0.1, 0.15) is 35.7 Å². The minimum atomic E-state index is -0.728. The van der Waals surface area contributed by atoms with E-state index in [1.165, 1.54) is 10.4 Å². The zero-order valence-corrected chi connectivity index (χ0v) is 9.51. The van der Waals surface area contributed by atoms with Crippen LogP contribution in [0.3, 0.4) is 0 Å². The number of aliphatic carboxylic acids is 1. The van der Waals surface area contributed by atoms with Gasteiger partial charge in [0.1, 0.15) is 6.04 Å². The molecule has 0 spiro atoms. The second kappa shape index (κ2) is 4.33. The van der Waals surface area contributed by atoms with Gasteiger partial charge in [0.25, 0.3) is 0 Å². The van der Waals surface area contributed by atoms with Crippen LogP contribution in [0.5, 0.6) is 0 Å². The SMILES string of the molecule is Cc1ccsc1C1CCCC(C(=O)O)N1. The molecule has 2 rings (SSSR count). The summed E-state index contributed by atoms with van der Waals surface area (Å²) in [5.74, 6) is -0.728. The number of hydrogen-bond acceptors (Lipinski definition) is 3. The number of rotatable bonds is 2. The summed E-state index contributed by atoms with van der Waals surface area (Å²) < 4.78 is 0. The molecule has 4 heteroatoms. The van der Waals surface area contributed by atoms with Crippen LogP contribution in [0, 0.1) is 6.92 Å². The third kappa shape index (κ3) is 2.21. The summed E-state index contributed by atoms with van der Waals surface area (Å²) in [6, 6.07) is 1.96. The molecular formula is C11H15NO2S. The van der Waals surface area contributed by atoms with Crippen molar-refractivity contribution in [2.24, 2.45) is 0 Å². The maximum atomic E-state index is 10.9. The predicted molar refractivity (Wildman–Crippen MR) is 60.2 cm³/mol. The van der Waals surface area contributed by atoms with E-state index in [0.717, 1.165) is 19.3 Å².